The van der Waals surface area contributed by atoms with Gasteiger partial charge in [-0.25, -0.2) is 4.79 Å². The van der Waals surface area contributed by atoms with E-state index in [2.05, 4.69) is 5.32 Å². The van der Waals surface area contributed by atoms with Crippen LogP contribution in [0, 0.1) is 0 Å². The lowest BCUT2D eigenvalue weighted by atomic mass is 9.78. The normalized spacial score (nSPS) is 18.3. The molecular formula is C18H26BF3N2O4. The Morgan fingerprint density at radius 2 is 1.71 bits per heavy atom. The van der Waals surface area contributed by atoms with Gasteiger partial charge in [0, 0.05) is 11.8 Å². The molecule has 1 heterocycles. The number of nitrogens with one attached hydrogen (secondary N) is 2. The van der Waals surface area contributed by atoms with Crippen LogP contribution in [0.5, 0.6) is 5.75 Å². The van der Waals surface area contributed by atoms with Gasteiger partial charge in [0.1, 0.15) is 12.3 Å². The minimum Gasteiger partial charge on any atom is -0.491 e. The largest absolute Gasteiger partial charge is 0.495 e. The predicted octanol–water partition coefficient (Wildman–Crippen LogP) is 3.46. The van der Waals surface area contributed by atoms with Crippen LogP contribution in [0.2, 0.25) is 0 Å². The zero-order valence-corrected chi connectivity index (χ0v) is 16.9. The first-order chi connectivity index (χ1) is 12.7. The first kappa shape index (κ1) is 22.4. The highest BCUT2D eigenvalue weighted by Crippen LogP contribution is 2.37. The Kier molecular flexibility index (Phi) is 6.25. The monoisotopic (exact) mass is 402 g/mol. The minimum atomic E-state index is -4.49. The molecule has 0 bridgehead atoms. The van der Waals surface area contributed by atoms with Crippen molar-refractivity contribution in [3.8, 4) is 5.75 Å². The Labute approximate surface area is 163 Å². The molecule has 156 valence electrons. The van der Waals surface area contributed by atoms with Crippen molar-refractivity contribution in [2.45, 2.75) is 65.0 Å². The molecule has 2 amide bonds. The van der Waals surface area contributed by atoms with Crippen molar-refractivity contribution in [3.63, 3.8) is 0 Å². The quantitative estimate of drug-likeness (QED) is 0.741. The van der Waals surface area contributed by atoms with E-state index < -0.39 is 37.1 Å². The Morgan fingerprint density at radius 3 is 2.21 bits per heavy atom. The number of carbonyl (C=O) groups excluding carboxylic acids is 1. The number of rotatable bonds is 5. The number of ether oxygens (including phenoxy) is 1. The van der Waals surface area contributed by atoms with E-state index in [-0.39, 0.29) is 11.8 Å². The van der Waals surface area contributed by atoms with Gasteiger partial charge in [-0.2, -0.15) is 13.2 Å². The van der Waals surface area contributed by atoms with Gasteiger partial charge in [0.25, 0.3) is 0 Å². The number of anilines is 1. The summed E-state index contributed by atoms with van der Waals surface area (Å²) in [5.74, 6) is 0.438. The van der Waals surface area contributed by atoms with Crippen molar-refractivity contribution in [1.82, 2.24) is 5.32 Å². The average Bonchev–Trinajstić information content (AvgIpc) is 2.72. The van der Waals surface area contributed by atoms with E-state index in [1.807, 2.05) is 41.5 Å². The molecule has 28 heavy (non-hydrogen) atoms. The molecule has 1 aromatic rings. The van der Waals surface area contributed by atoms with Crippen LogP contribution in [-0.4, -0.2) is 43.2 Å². The Balaban J connectivity index is 2.24. The second kappa shape index (κ2) is 7.83. The highest BCUT2D eigenvalue weighted by atomic mass is 19.4. The molecule has 0 aliphatic carbocycles. The molecule has 2 rings (SSSR count). The van der Waals surface area contributed by atoms with Gasteiger partial charge in [0.15, 0.2) is 0 Å². The maximum atomic E-state index is 12.3. The molecule has 0 unspecified atom stereocenters. The van der Waals surface area contributed by atoms with E-state index in [0.717, 1.165) is 0 Å². The Morgan fingerprint density at radius 1 is 1.14 bits per heavy atom. The molecule has 0 saturated carbocycles. The highest BCUT2D eigenvalue weighted by molar-refractivity contribution is 6.62. The SMILES string of the molecule is CC(C)Oc1cc(NC(=O)NCC(F)(F)F)cc(B2OC(C)(C)C(C)(C)O2)c1. The van der Waals surface area contributed by atoms with E-state index in [9.17, 15) is 18.0 Å². The number of hydrogen-bond donors (Lipinski definition) is 2. The zero-order chi connectivity index (χ0) is 21.3. The maximum Gasteiger partial charge on any atom is 0.495 e. The molecule has 10 heteroatoms. The highest BCUT2D eigenvalue weighted by Gasteiger charge is 2.51. The lowest BCUT2D eigenvalue weighted by molar-refractivity contribution is -0.122. The summed E-state index contributed by atoms with van der Waals surface area (Å²) in [6.45, 7) is 9.88. The second-order valence-electron chi connectivity index (χ2n) is 7.97. The number of hydrogen-bond acceptors (Lipinski definition) is 4. The van der Waals surface area contributed by atoms with Crippen molar-refractivity contribution < 1.29 is 32.0 Å². The Bertz CT molecular complexity index is 707. The van der Waals surface area contributed by atoms with Gasteiger partial charge in [-0.15, -0.1) is 0 Å². The van der Waals surface area contributed by atoms with Crippen molar-refractivity contribution in [3.05, 3.63) is 18.2 Å². The number of carbonyl (C=O) groups is 1. The second-order valence-corrected chi connectivity index (χ2v) is 7.97. The summed E-state index contributed by atoms with van der Waals surface area (Å²) in [4.78, 5) is 11.8. The van der Waals surface area contributed by atoms with Crippen LogP contribution < -0.4 is 20.8 Å². The molecule has 0 aromatic heterocycles. The average molecular weight is 402 g/mol. The third-order valence-corrected chi connectivity index (χ3v) is 4.53. The zero-order valence-electron chi connectivity index (χ0n) is 16.9. The van der Waals surface area contributed by atoms with Crippen LogP contribution in [0.3, 0.4) is 0 Å². The molecule has 1 fully saturated rings. The van der Waals surface area contributed by atoms with Crippen LogP contribution in [0.4, 0.5) is 23.7 Å². The molecule has 1 saturated heterocycles. The molecule has 0 spiro atoms. The van der Waals surface area contributed by atoms with E-state index >= 15 is 0 Å². The Hall–Kier alpha value is -1.94. The molecule has 1 aliphatic heterocycles. The molecule has 6 nitrogen and oxygen atoms in total. The van der Waals surface area contributed by atoms with Crippen molar-refractivity contribution in [1.29, 1.82) is 0 Å². The number of alkyl halides is 3. The first-order valence-corrected chi connectivity index (χ1v) is 8.97. The standard InChI is InChI=1S/C18H26BF3N2O4/c1-11(2)26-14-8-12(19-27-16(3,4)17(5,6)28-19)7-13(9-14)24-15(25)23-10-18(20,21)22/h7-9,11H,10H2,1-6H3,(H2,23,24,25). The molecular weight excluding hydrogens is 376 g/mol. The molecule has 2 N–H and O–H groups in total. The van der Waals surface area contributed by atoms with E-state index in [4.69, 9.17) is 14.0 Å². The van der Waals surface area contributed by atoms with Crippen LogP contribution in [0.1, 0.15) is 41.5 Å². The fraction of sp³-hybridized carbons (Fsp3) is 0.611. The van der Waals surface area contributed by atoms with Gasteiger partial charge in [-0.05, 0) is 59.1 Å². The summed E-state index contributed by atoms with van der Waals surface area (Å²) in [7, 11) is -0.709. The van der Waals surface area contributed by atoms with Crippen LogP contribution >= 0.6 is 0 Å². The summed E-state index contributed by atoms with van der Waals surface area (Å²) in [5, 5.41) is 4.16. The summed E-state index contributed by atoms with van der Waals surface area (Å²) < 4.78 is 54.5. The smallest absolute Gasteiger partial charge is 0.491 e. The first-order valence-electron chi connectivity index (χ1n) is 8.97. The molecule has 1 aromatic carbocycles. The number of halogens is 3. The van der Waals surface area contributed by atoms with Crippen LogP contribution in [-0.2, 0) is 9.31 Å². The van der Waals surface area contributed by atoms with E-state index in [1.165, 1.54) is 6.07 Å². The molecule has 0 radical (unpaired) electrons. The summed E-state index contributed by atoms with van der Waals surface area (Å²) in [5.41, 5.74) is -0.278. The van der Waals surface area contributed by atoms with Gasteiger partial charge in [0.05, 0.1) is 17.3 Å². The maximum absolute atomic E-state index is 12.3. The summed E-state index contributed by atoms with van der Waals surface area (Å²) >= 11 is 0. The van der Waals surface area contributed by atoms with Gasteiger partial charge in [-0.1, -0.05) is 0 Å². The van der Waals surface area contributed by atoms with Crippen molar-refractivity contribution in [2.24, 2.45) is 0 Å². The number of urea groups is 1. The third-order valence-electron chi connectivity index (χ3n) is 4.53. The topological polar surface area (TPSA) is 68.8 Å². The molecule has 1 aliphatic rings. The van der Waals surface area contributed by atoms with E-state index in [1.54, 1.807) is 17.4 Å². The lowest BCUT2D eigenvalue weighted by Crippen LogP contribution is -2.41. The van der Waals surface area contributed by atoms with Crippen LogP contribution in [0.25, 0.3) is 0 Å². The van der Waals surface area contributed by atoms with Gasteiger partial charge in [-0.3, -0.25) is 0 Å². The number of amides is 2. The minimum absolute atomic E-state index is 0.138. The predicted molar refractivity (Wildman–Crippen MR) is 101 cm³/mol. The fourth-order valence-corrected chi connectivity index (χ4v) is 2.51. The fourth-order valence-electron chi connectivity index (χ4n) is 2.51. The van der Waals surface area contributed by atoms with Gasteiger partial charge >= 0.3 is 19.3 Å². The van der Waals surface area contributed by atoms with Crippen molar-refractivity contribution >= 4 is 24.3 Å². The molecule has 0 atom stereocenters. The lowest BCUT2D eigenvalue weighted by Gasteiger charge is -2.32. The van der Waals surface area contributed by atoms with Crippen molar-refractivity contribution in [2.75, 3.05) is 11.9 Å². The summed E-state index contributed by atoms with van der Waals surface area (Å²) in [6, 6.07) is 3.87. The summed E-state index contributed by atoms with van der Waals surface area (Å²) in [6.07, 6.45) is -4.63. The van der Waals surface area contributed by atoms with Crippen LogP contribution in [0.15, 0.2) is 18.2 Å². The van der Waals surface area contributed by atoms with E-state index in [0.29, 0.717) is 11.2 Å². The van der Waals surface area contributed by atoms with Gasteiger partial charge in [0.2, 0.25) is 0 Å². The number of benzene rings is 1. The third kappa shape index (κ3) is 5.78. The van der Waals surface area contributed by atoms with Gasteiger partial charge < -0.3 is 24.7 Å².